The van der Waals surface area contributed by atoms with Gasteiger partial charge in [0.15, 0.2) is 0 Å². The van der Waals surface area contributed by atoms with Crippen LogP contribution in [-0.2, 0) is 0 Å². The van der Waals surface area contributed by atoms with Crippen molar-refractivity contribution in [1.29, 1.82) is 0 Å². The molecule has 1 aliphatic carbocycles. The SMILES string of the molecule is CC1(Sc2ccc(Cl)cc2)CCC1. The van der Waals surface area contributed by atoms with Gasteiger partial charge < -0.3 is 0 Å². The van der Waals surface area contributed by atoms with Gasteiger partial charge in [-0.3, -0.25) is 0 Å². The fraction of sp³-hybridized carbons (Fsp3) is 0.455. The van der Waals surface area contributed by atoms with Crippen LogP contribution in [0.1, 0.15) is 26.2 Å². The molecule has 1 saturated carbocycles. The average Bonchev–Trinajstić information content (AvgIpc) is 2.06. The van der Waals surface area contributed by atoms with Crippen molar-refractivity contribution >= 4 is 23.4 Å². The molecule has 0 N–H and O–H groups in total. The minimum Gasteiger partial charge on any atom is -0.120 e. The van der Waals surface area contributed by atoms with E-state index in [1.807, 2.05) is 23.9 Å². The van der Waals surface area contributed by atoms with Gasteiger partial charge in [-0.25, -0.2) is 0 Å². The number of hydrogen-bond donors (Lipinski definition) is 0. The first-order valence-electron chi connectivity index (χ1n) is 4.63. The summed E-state index contributed by atoms with van der Waals surface area (Å²) in [5.74, 6) is 0. The maximum Gasteiger partial charge on any atom is 0.0406 e. The van der Waals surface area contributed by atoms with Crippen molar-refractivity contribution in [2.75, 3.05) is 0 Å². The normalized spacial score (nSPS) is 19.5. The van der Waals surface area contributed by atoms with Crippen LogP contribution in [0.3, 0.4) is 0 Å². The van der Waals surface area contributed by atoms with Gasteiger partial charge >= 0.3 is 0 Å². The Labute approximate surface area is 88.7 Å². The molecule has 2 rings (SSSR count). The summed E-state index contributed by atoms with van der Waals surface area (Å²) in [4.78, 5) is 1.34. The van der Waals surface area contributed by atoms with Gasteiger partial charge in [-0.2, -0.15) is 0 Å². The van der Waals surface area contributed by atoms with Crippen molar-refractivity contribution in [2.45, 2.75) is 35.8 Å². The van der Waals surface area contributed by atoms with Crippen molar-refractivity contribution in [3.63, 3.8) is 0 Å². The first kappa shape index (κ1) is 9.42. The first-order valence-corrected chi connectivity index (χ1v) is 5.82. The van der Waals surface area contributed by atoms with Crippen molar-refractivity contribution in [3.05, 3.63) is 29.3 Å². The molecule has 0 amide bonds. The molecular formula is C11H13ClS. The molecule has 1 fully saturated rings. The molecule has 0 aromatic heterocycles. The molecule has 0 heterocycles. The summed E-state index contributed by atoms with van der Waals surface area (Å²) in [5.41, 5.74) is 0. The minimum absolute atomic E-state index is 0.494. The summed E-state index contributed by atoms with van der Waals surface area (Å²) < 4.78 is 0.494. The molecule has 1 aromatic carbocycles. The molecule has 13 heavy (non-hydrogen) atoms. The monoisotopic (exact) mass is 212 g/mol. The molecule has 0 bridgehead atoms. The van der Waals surface area contributed by atoms with E-state index in [-0.39, 0.29) is 0 Å². The standard InChI is InChI=1S/C11H13ClS/c1-11(7-2-8-11)13-10-5-3-9(12)4-6-10/h3-6H,2,7-8H2,1H3. The molecule has 0 aliphatic heterocycles. The van der Waals surface area contributed by atoms with Gasteiger partial charge in [0.05, 0.1) is 0 Å². The number of rotatable bonds is 2. The molecule has 1 aliphatic rings. The molecule has 70 valence electrons. The van der Waals surface area contributed by atoms with Crippen molar-refractivity contribution < 1.29 is 0 Å². The van der Waals surface area contributed by atoms with Crippen LogP contribution in [-0.4, -0.2) is 4.75 Å². The Hall–Kier alpha value is -0.140. The van der Waals surface area contributed by atoms with Crippen LogP contribution >= 0.6 is 23.4 Å². The molecule has 1 aromatic rings. The van der Waals surface area contributed by atoms with Crippen LogP contribution in [0, 0.1) is 0 Å². The van der Waals surface area contributed by atoms with E-state index < -0.39 is 0 Å². The van der Waals surface area contributed by atoms with E-state index >= 15 is 0 Å². The lowest BCUT2D eigenvalue weighted by molar-refractivity contribution is 0.392. The summed E-state index contributed by atoms with van der Waals surface area (Å²) in [5, 5.41) is 0.822. The Bertz CT molecular complexity index is 287. The highest BCUT2D eigenvalue weighted by atomic mass is 35.5. The minimum atomic E-state index is 0.494. The van der Waals surface area contributed by atoms with E-state index in [1.165, 1.54) is 24.2 Å². The van der Waals surface area contributed by atoms with Gasteiger partial charge in [0.25, 0.3) is 0 Å². The first-order chi connectivity index (χ1) is 6.18. The predicted molar refractivity (Wildman–Crippen MR) is 59.6 cm³/mol. The van der Waals surface area contributed by atoms with Crippen LogP contribution in [0.4, 0.5) is 0 Å². The van der Waals surface area contributed by atoms with Crippen LogP contribution in [0.5, 0.6) is 0 Å². The number of benzene rings is 1. The highest BCUT2D eigenvalue weighted by molar-refractivity contribution is 8.00. The van der Waals surface area contributed by atoms with E-state index in [9.17, 15) is 0 Å². The summed E-state index contributed by atoms with van der Waals surface area (Å²) in [6.45, 7) is 2.34. The maximum atomic E-state index is 5.82. The summed E-state index contributed by atoms with van der Waals surface area (Å²) in [6.07, 6.45) is 4.08. The van der Waals surface area contributed by atoms with Gasteiger partial charge in [-0.05, 0) is 37.1 Å². The smallest absolute Gasteiger partial charge is 0.0406 e. The Morgan fingerprint density at radius 3 is 2.31 bits per heavy atom. The van der Waals surface area contributed by atoms with Crippen LogP contribution in [0.25, 0.3) is 0 Å². The number of hydrogen-bond acceptors (Lipinski definition) is 1. The number of thioether (sulfide) groups is 1. The highest BCUT2D eigenvalue weighted by Gasteiger charge is 2.32. The second-order valence-electron chi connectivity index (χ2n) is 3.86. The third kappa shape index (κ3) is 2.21. The lowest BCUT2D eigenvalue weighted by atomic mass is 9.86. The van der Waals surface area contributed by atoms with E-state index in [4.69, 9.17) is 11.6 Å². The van der Waals surface area contributed by atoms with Crippen LogP contribution < -0.4 is 0 Å². The molecule has 2 heteroatoms. The van der Waals surface area contributed by atoms with Gasteiger partial charge in [0.2, 0.25) is 0 Å². The molecule has 0 nitrogen and oxygen atoms in total. The van der Waals surface area contributed by atoms with Crippen molar-refractivity contribution in [1.82, 2.24) is 0 Å². The quantitative estimate of drug-likeness (QED) is 0.702. The second kappa shape index (κ2) is 3.55. The zero-order valence-corrected chi connectivity index (χ0v) is 9.29. The van der Waals surface area contributed by atoms with Crippen molar-refractivity contribution in [2.24, 2.45) is 0 Å². The fourth-order valence-corrected chi connectivity index (χ4v) is 3.02. The zero-order chi connectivity index (χ0) is 9.31. The van der Waals surface area contributed by atoms with E-state index in [0.29, 0.717) is 4.75 Å². The third-order valence-electron chi connectivity index (χ3n) is 2.59. The van der Waals surface area contributed by atoms with Gasteiger partial charge in [-0.1, -0.05) is 24.9 Å². The molecule has 0 radical (unpaired) electrons. The summed E-state index contributed by atoms with van der Waals surface area (Å²) >= 11 is 7.80. The largest absolute Gasteiger partial charge is 0.120 e. The average molecular weight is 213 g/mol. The lowest BCUT2D eigenvalue weighted by Crippen LogP contribution is -2.28. The van der Waals surface area contributed by atoms with Crippen LogP contribution in [0.2, 0.25) is 5.02 Å². The molecule has 0 unspecified atom stereocenters. The molecule has 0 atom stereocenters. The van der Waals surface area contributed by atoms with E-state index in [2.05, 4.69) is 19.1 Å². The molecule has 0 spiro atoms. The van der Waals surface area contributed by atoms with Crippen molar-refractivity contribution in [3.8, 4) is 0 Å². The summed E-state index contributed by atoms with van der Waals surface area (Å²) in [7, 11) is 0. The van der Waals surface area contributed by atoms with E-state index in [0.717, 1.165) is 5.02 Å². The fourth-order valence-electron chi connectivity index (χ4n) is 1.56. The van der Waals surface area contributed by atoms with Gasteiger partial charge in [0.1, 0.15) is 0 Å². The topological polar surface area (TPSA) is 0 Å². The Morgan fingerprint density at radius 2 is 1.85 bits per heavy atom. The highest BCUT2D eigenvalue weighted by Crippen LogP contribution is 2.47. The van der Waals surface area contributed by atoms with Gasteiger partial charge in [-0.15, -0.1) is 11.8 Å². The number of halogens is 1. The maximum absolute atomic E-state index is 5.82. The third-order valence-corrected chi connectivity index (χ3v) is 4.25. The Morgan fingerprint density at radius 1 is 1.23 bits per heavy atom. The lowest BCUT2D eigenvalue weighted by Gasteiger charge is -2.37. The molecule has 0 saturated heterocycles. The Kier molecular flexibility index (Phi) is 2.57. The predicted octanol–water partition coefficient (Wildman–Crippen LogP) is 4.37. The second-order valence-corrected chi connectivity index (χ2v) is 5.96. The molecular weight excluding hydrogens is 200 g/mol. The van der Waals surface area contributed by atoms with E-state index in [1.54, 1.807) is 0 Å². The van der Waals surface area contributed by atoms with Crippen LogP contribution in [0.15, 0.2) is 29.2 Å². The van der Waals surface area contributed by atoms with Gasteiger partial charge in [0, 0.05) is 14.7 Å². The summed E-state index contributed by atoms with van der Waals surface area (Å²) in [6, 6.07) is 8.14. The Balaban J connectivity index is 2.05. The zero-order valence-electron chi connectivity index (χ0n) is 7.72.